The Balaban J connectivity index is 1.77. The van der Waals surface area contributed by atoms with Gasteiger partial charge in [-0.2, -0.15) is 0 Å². The zero-order valence-corrected chi connectivity index (χ0v) is 13.9. The van der Waals surface area contributed by atoms with Gasteiger partial charge in [0.25, 0.3) is 0 Å². The Morgan fingerprint density at radius 1 is 1.12 bits per heavy atom. The van der Waals surface area contributed by atoms with E-state index in [1.54, 1.807) is 6.92 Å². The smallest absolute Gasteiger partial charge is 0.223 e. The fourth-order valence-electron chi connectivity index (χ4n) is 2.30. The van der Waals surface area contributed by atoms with Gasteiger partial charge in [0.05, 0.1) is 12.2 Å². The summed E-state index contributed by atoms with van der Waals surface area (Å²) in [4.78, 5) is 12.0. The molecular formula is C19H21F2NO3. The topological polar surface area (TPSA) is 58.6 Å². The van der Waals surface area contributed by atoms with Crippen LogP contribution in [0, 0.1) is 17.6 Å². The van der Waals surface area contributed by atoms with E-state index in [0.29, 0.717) is 13.0 Å². The van der Waals surface area contributed by atoms with Gasteiger partial charge in [-0.15, -0.1) is 0 Å². The van der Waals surface area contributed by atoms with Gasteiger partial charge >= 0.3 is 0 Å². The third-order valence-corrected chi connectivity index (χ3v) is 3.81. The predicted octanol–water partition coefficient (Wildman–Crippen LogP) is 3.22. The van der Waals surface area contributed by atoms with Gasteiger partial charge in [-0.3, -0.25) is 4.79 Å². The van der Waals surface area contributed by atoms with Crippen LogP contribution in [0.5, 0.6) is 5.75 Å². The second-order valence-corrected chi connectivity index (χ2v) is 5.75. The van der Waals surface area contributed by atoms with E-state index in [1.807, 2.05) is 30.3 Å². The van der Waals surface area contributed by atoms with Crippen LogP contribution >= 0.6 is 0 Å². The van der Waals surface area contributed by atoms with Crippen LogP contribution in [-0.4, -0.2) is 24.2 Å². The van der Waals surface area contributed by atoms with Gasteiger partial charge in [0, 0.05) is 12.5 Å². The summed E-state index contributed by atoms with van der Waals surface area (Å²) in [6.45, 7) is 1.82. The average molecular weight is 349 g/mol. The molecule has 0 aliphatic carbocycles. The maximum absolute atomic E-state index is 13.6. The van der Waals surface area contributed by atoms with Crippen molar-refractivity contribution in [3.63, 3.8) is 0 Å². The van der Waals surface area contributed by atoms with E-state index in [-0.39, 0.29) is 18.4 Å². The van der Waals surface area contributed by atoms with Gasteiger partial charge in [-0.25, -0.2) is 8.78 Å². The van der Waals surface area contributed by atoms with Crippen molar-refractivity contribution in [2.24, 2.45) is 5.92 Å². The number of ether oxygens (including phenoxy) is 1. The van der Waals surface area contributed by atoms with Crippen LogP contribution in [0.15, 0.2) is 48.5 Å². The van der Waals surface area contributed by atoms with Crippen molar-refractivity contribution in [1.82, 2.24) is 5.32 Å². The monoisotopic (exact) mass is 349 g/mol. The van der Waals surface area contributed by atoms with E-state index in [9.17, 15) is 18.7 Å². The van der Waals surface area contributed by atoms with E-state index in [2.05, 4.69) is 5.32 Å². The molecule has 0 saturated carbocycles. The SMILES string of the molecule is CC(CCOc1ccccc1)C(=O)NCC(O)c1c(F)cccc1F. The molecule has 2 aromatic rings. The second-order valence-electron chi connectivity index (χ2n) is 5.75. The minimum atomic E-state index is -1.45. The van der Waals surface area contributed by atoms with E-state index in [0.717, 1.165) is 17.9 Å². The molecule has 1 amide bonds. The number of aliphatic hydroxyl groups is 1. The molecule has 6 heteroatoms. The molecule has 25 heavy (non-hydrogen) atoms. The van der Waals surface area contributed by atoms with Crippen LogP contribution in [0.2, 0.25) is 0 Å². The molecule has 0 saturated heterocycles. The van der Waals surface area contributed by atoms with E-state index in [4.69, 9.17) is 4.74 Å². The van der Waals surface area contributed by atoms with Crippen LogP contribution in [-0.2, 0) is 4.79 Å². The molecule has 0 bridgehead atoms. The fraction of sp³-hybridized carbons (Fsp3) is 0.316. The Morgan fingerprint density at radius 3 is 2.40 bits per heavy atom. The quantitative estimate of drug-likeness (QED) is 0.769. The molecule has 0 spiro atoms. The Bertz CT molecular complexity index is 674. The maximum atomic E-state index is 13.6. The fourth-order valence-corrected chi connectivity index (χ4v) is 2.30. The molecule has 2 N–H and O–H groups in total. The molecule has 0 aromatic heterocycles. The summed E-state index contributed by atoms with van der Waals surface area (Å²) >= 11 is 0. The molecule has 2 rings (SSSR count). The van der Waals surface area contributed by atoms with Crippen molar-refractivity contribution in [3.8, 4) is 5.75 Å². The summed E-state index contributed by atoms with van der Waals surface area (Å²) in [6, 6.07) is 12.6. The highest BCUT2D eigenvalue weighted by Crippen LogP contribution is 2.20. The Kier molecular flexibility index (Phi) is 6.89. The van der Waals surface area contributed by atoms with Crippen LogP contribution < -0.4 is 10.1 Å². The molecule has 0 heterocycles. The third kappa shape index (κ3) is 5.53. The predicted molar refractivity (Wildman–Crippen MR) is 90.0 cm³/mol. The molecule has 2 unspecified atom stereocenters. The van der Waals surface area contributed by atoms with Gasteiger partial charge in [-0.05, 0) is 30.7 Å². The maximum Gasteiger partial charge on any atom is 0.223 e. The van der Waals surface area contributed by atoms with E-state index >= 15 is 0 Å². The first-order valence-electron chi connectivity index (χ1n) is 8.06. The zero-order valence-electron chi connectivity index (χ0n) is 13.9. The normalized spacial score (nSPS) is 13.1. The number of amides is 1. The third-order valence-electron chi connectivity index (χ3n) is 3.81. The minimum Gasteiger partial charge on any atom is -0.494 e. The van der Waals surface area contributed by atoms with E-state index < -0.39 is 23.3 Å². The Hall–Kier alpha value is -2.47. The van der Waals surface area contributed by atoms with Gasteiger partial charge in [0.2, 0.25) is 5.91 Å². The largest absolute Gasteiger partial charge is 0.494 e. The van der Waals surface area contributed by atoms with Crippen LogP contribution in [0.1, 0.15) is 25.0 Å². The number of carbonyl (C=O) groups excluding carboxylic acids is 1. The van der Waals surface area contributed by atoms with Gasteiger partial charge in [0.1, 0.15) is 23.5 Å². The molecule has 134 valence electrons. The molecule has 2 aromatic carbocycles. The first kappa shape index (κ1) is 18.9. The standard InChI is InChI=1S/C19H21F2NO3/c1-13(10-11-25-14-6-3-2-4-7-14)19(24)22-12-17(23)18-15(20)8-5-9-16(18)21/h2-9,13,17,23H,10-12H2,1H3,(H,22,24). The van der Waals surface area contributed by atoms with Crippen LogP contribution in [0.4, 0.5) is 8.78 Å². The summed E-state index contributed by atoms with van der Waals surface area (Å²) in [5, 5.41) is 12.4. The van der Waals surface area contributed by atoms with Crippen molar-refractivity contribution in [1.29, 1.82) is 0 Å². The zero-order chi connectivity index (χ0) is 18.2. The van der Waals surface area contributed by atoms with Crippen molar-refractivity contribution >= 4 is 5.91 Å². The average Bonchev–Trinajstić information content (AvgIpc) is 2.60. The Labute approximate surface area is 145 Å². The summed E-state index contributed by atoms with van der Waals surface area (Å²) in [7, 11) is 0. The molecule has 0 radical (unpaired) electrons. The number of aliphatic hydroxyl groups excluding tert-OH is 1. The first-order chi connectivity index (χ1) is 12.0. The molecule has 0 aliphatic rings. The number of halogens is 2. The molecular weight excluding hydrogens is 328 g/mol. The van der Waals surface area contributed by atoms with Crippen molar-refractivity contribution < 1.29 is 23.4 Å². The van der Waals surface area contributed by atoms with E-state index in [1.165, 1.54) is 6.07 Å². The van der Waals surface area contributed by atoms with Crippen molar-refractivity contribution in [2.45, 2.75) is 19.4 Å². The lowest BCUT2D eigenvalue weighted by Crippen LogP contribution is -2.33. The minimum absolute atomic E-state index is 0.263. The molecule has 0 aliphatic heterocycles. The second kappa shape index (κ2) is 9.13. The Morgan fingerprint density at radius 2 is 1.76 bits per heavy atom. The number of rotatable bonds is 8. The summed E-state index contributed by atoms with van der Waals surface area (Å²) < 4.78 is 32.7. The number of hydrogen-bond acceptors (Lipinski definition) is 3. The number of nitrogens with one attached hydrogen (secondary N) is 1. The first-order valence-corrected chi connectivity index (χ1v) is 8.06. The lowest BCUT2D eigenvalue weighted by Gasteiger charge is -2.16. The van der Waals surface area contributed by atoms with Crippen LogP contribution in [0.25, 0.3) is 0 Å². The summed E-state index contributed by atoms with van der Waals surface area (Å²) in [6.07, 6.45) is -0.969. The molecule has 0 fully saturated rings. The highest BCUT2D eigenvalue weighted by Gasteiger charge is 2.20. The number of hydrogen-bond donors (Lipinski definition) is 2. The van der Waals surface area contributed by atoms with Crippen molar-refractivity contribution in [3.05, 3.63) is 65.7 Å². The lowest BCUT2D eigenvalue weighted by molar-refractivity contribution is -0.125. The van der Waals surface area contributed by atoms with Gasteiger partial charge in [-0.1, -0.05) is 31.2 Å². The number of benzene rings is 2. The summed E-state index contributed by atoms with van der Waals surface area (Å²) in [5.41, 5.74) is -0.442. The highest BCUT2D eigenvalue weighted by atomic mass is 19.1. The highest BCUT2D eigenvalue weighted by molar-refractivity contribution is 5.78. The van der Waals surface area contributed by atoms with Crippen LogP contribution in [0.3, 0.4) is 0 Å². The molecule has 2 atom stereocenters. The number of para-hydroxylation sites is 1. The van der Waals surface area contributed by atoms with Gasteiger partial charge in [0.15, 0.2) is 0 Å². The molecule has 4 nitrogen and oxygen atoms in total. The summed E-state index contributed by atoms with van der Waals surface area (Å²) in [5.74, 6) is -1.63. The van der Waals surface area contributed by atoms with Gasteiger partial charge < -0.3 is 15.2 Å². The number of carbonyl (C=O) groups is 1. The lowest BCUT2D eigenvalue weighted by atomic mass is 10.1. The van der Waals surface area contributed by atoms with Crippen molar-refractivity contribution in [2.75, 3.05) is 13.2 Å².